The van der Waals surface area contributed by atoms with E-state index in [2.05, 4.69) is 20.6 Å². The van der Waals surface area contributed by atoms with Crippen molar-refractivity contribution in [1.29, 1.82) is 0 Å². The third kappa shape index (κ3) is 4.37. The van der Waals surface area contributed by atoms with Crippen LogP contribution in [-0.4, -0.2) is 26.7 Å². The lowest BCUT2D eigenvalue weighted by molar-refractivity contribution is 0.432. The second-order valence-electron chi connectivity index (χ2n) is 5.50. The summed E-state index contributed by atoms with van der Waals surface area (Å²) in [7, 11) is 0. The highest BCUT2D eigenvalue weighted by molar-refractivity contribution is 4.90. The van der Waals surface area contributed by atoms with Crippen LogP contribution in [0.4, 0.5) is 0 Å². The molecule has 1 aliphatic rings. The van der Waals surface area contributed by atoms with Crippen molar-refractivity contribution in [3.05, 3.63) is 5.82 Å². The first-order valence-electron chi connectivity index (χ1n) is 7.35. The number of rotatable bonds is 1. The standard InChI is InChI=1S/C13H25N5/c14-12-9-5-3-1-2-4-7-11(8-6-10-12)13-15-17-18-16-13/h11-12H,1-10,14H2,(H,15,16,17,18). The Morgan fingerprint density at radius 2 is 1.56 bits per heavy atom. The molecule has 3 N–H and O–H groups in total. The van der Waals surface area contributed by atoms with Crippen molar-refractivity contribution in [2.75, 3.05) is 0 Å². The van der Waals surface area contributed by atoms with E-state index in [0.717, 1.165) is 18.7 Å². The molecule has 0 spiro atoms. The van der Waals surface area contributed by atoms with Crippen LogP contribution in [0.5, 0.6) is 0 Å². The third-order valence-electron chi connectivity index (χ3n) is 3.98. The molecule has 18 heavy (non-hydrogen) atoms. The van der Waals surface area contributed by atoms with E-state index in [1.165, 1.54) is 51.4 Å². The molecule has 5 nitrogen and oxygen atoms in total. The zero-order chi connectivity index (χ0) is 12.6. The molecule has 0 radical (unpaired) electrons. The molecule has 0 bridgehead atoms. The normalized spacial score (nSPS) is 28.3. The maximum absolute atomic E-state index is 6.13. The second kappa shape index (κ2) is 7.46. The summed E-state index contributed by atoms with van der Waals surface area (Å²) in [6.45, 7) is 0. The van der Waals surface area contributed by atoms with Crippen LogP contribution in [0.1, 0.15) is 76.0 Å². The van der Waals surface area contributed by atoms with Gasteiger partial charge in [-0.25, -0.2) is 0 Å². The zero-order valence-corrected chi connectivity index (χ0v) is 11.1. The first-order valence-corrected chi connectivity index (χ1v) is 7.35. The largest absolute Gasteiger partial charge is 0.328 e. The van der Waals surface area contributed by atoms with Gasteiger partial charge in [0.1, 0.15) is 0 Å². The van der Waals surface area contributed by atoms with Crippen molar-refractivity contribution >= 4 is 0 Å². The van der Waals surface area contributed by atoms with Crippen LogP contribution in [0.15, 0.2) is 0 Å². The fraction of sp³-hybridized carbons (Fsp3) is 0.923. The van der Waals surface area contributed by atoms with Crippen LogP contribution in [0.3, 0.4) is 0 Å². The van der Waals surface area contributed by atoms with Crippen molar-refractivity contribution in [3.8, 4) is 0 Å². The molecular weight excluding hydrogens is 226 g/mol. The molecule has 1 aromatic rings. The number of nitrogens with zero attached hydrogens (tertiary/aromatic N) is 3. The summed E-state index contributed by atoms with van der Waals surface area (Å²) in [6.07, 6.45) is 12.4. The number of aromatic amines is 1. The van der Waals surface area contributed by atoms with Gasteiger partial charge in [-0.05, 0) is 25.7 Å². The molecule has 1 aromatic heterocycles. The number of nitrogens with two attached hydrogens (primary N) is 1. The van der Waals surface area contributed by atoms with Crippen molar-refractivity contribution in [3.63, 3.8) is 0 Å². The van der Waals surface area contributed by atoms with Crippen LogP contribution in [0, 0.1) is 0 Å². The van der Waals surface area contributed by atoms with E-state index in [9.17, 15) is 0 Å². The third-order valence-corrected chi connectivity index (χ3v) is 3.98. The number of H-pyrrole nitrogens is 1. The average molecular weight is 251 g/mol. The lowest BCUT2D eigenvalue weighted by Crippen LogP contribution is -2.20. The molecule has 0 saturated heterocycles. The zero-order valence-electron chi connectivity index (χ0n) is 11.1. The molecule has 0 amide bonds. The topological polar surface area (TPSA) is 80.5 Å². The van der Waals surface area contributed by atoms with Gasteiger partial charge in [0, 0.05) is 12.0 Å². The maximum atomic E-state index is 6.13. The molecule has 2 atom stereocenters. The van der Waals surface area contributed by atoms with Crippen LogP contribution in [0.25, 0.3) is 0 Å². The van der Waals surface area contributed by atoms with Gasteiger partial charge >= 0.3 is 0 Å². The highest BCUT2D eigenvalue weighted by atomic mass is 15.5. The Labute approximate surface area is 109 Å². The summed E-state index contributed by atoms with van der Waals surface area (Å²) in [4.78, 5) is 0. The molecule has 2 rings (SSSR count). The predicted molar refractivity (Wildman–Crippen MR) is 71.1 cm³/mol. The van der Waals surface area contributed by atoms with Crippen molar-refractivity contribution in [1.82, 2.24) is 20.6 Å². The van der Waals surface area contributed by atoms with Gasteiger partial charge in [0.15, 0.2) is 5.82 Å². The van der Waals surface area contributed by atoms with Crippen LogP contribution < -0.4 is 5.73 Å². The van der Waals surface area contributed by atoms with Crippen molar-refractivity contribution in [2.24, 2.45) is 5.73 Å². The molecule has 5 heteroatoms. The summed E-state index contributed by atoms with van der Waals surface area (Å²) < 4.78 is 0. The van der Waals surface area contributed by atoms with E-state index in [4.69, 9.17) is 5.73 Å². The minimum absolute atomic E-state index is 0.385. The summed E-state index contributed by atoms with van der Waals surface area (Å²) in [6, 6.07) is 0.385. The molecule has 102 valence electrons. The maximum Gasteiger partial charge on any atom is 0.177 e. The Kier molecular flexibility index (Phi) is 5.58. The Hall–Kier alpha value is -0.970. The number of hydrogen-bond donors (Lipinski definition) is 2. The number of nitrogens with one attached hydrogen (secondary N) is 1. The van der Waals surface area contributed by atoms with Gasteiger partial charge in [-0.3, -0.25) is 0 Å². The van der Waals surface area contributed by atoms with Gasteiger partial charge in [0.2, 0.25) is 0 Å². The first-order chi connectivity index (χ1) is 8.86. The highest BCUT2D eigenvalue weighted by Gasteiger charge is 2.16. The molecule has 1 heterocycles. The SMILES string of the molecule is NC1CCCCCCCC(c2nn[nH]n2)CCC1. The first kappa shape index (κ1) is 13.5. The number of tetrazole rings is 1. The predicted octanol–water partition coefficient (Wildman–Crippen LogP) is 2.53. The lowest BCUT2D eigenvalue weighted by Gasteiger charge is -2.17. The van der Waals surface area contributed by atoms with E-state index in [1.54, 1.807) is 0 Å². The van der Waals surface area contributed by atoms with E-state index >= 15 is 0 Å². The fourth-order valence-electron chi connectivity index (χ4n) is 2.84. The minimum atomic E-state index is 0.385. The number of aromatic nitrogens is 4. The summed E-state index contributed by atoms with van der Waals surface area (Å²) >= 11 is 0. The van der Waals surface area contributed by atoms with Gasteiger partial charge in [-0.15, -0.1) is 10.2 Å². The van der Waals surface area contributed by atoms with Gasteiger partial charge in [-0.1, -0.05) is 43.7 Å². The highest BCUT2D eigenvalue weighted by Crippen LogP contribution is 2.26. The quantitative estimate of drug-likeness (QED) is 0.803. The minimum Gasteiger partial charge on any atom is -0.328 e. The molecular formula is C13H25N5. The summed E-state index contributed by atoms with van der Waals surface area (Å²) in [5.41, 5.74) is 6.13. The smallest absolute Gasteiger partial charge is 0.177 e. The Bertz CT molecular complexity index is 311. The van der Waals surface area contributed by atoms with E-state index in [1.807, 2.05) is 0 Å². The molecule has 0 aromatic carbocycles. The van der Waals surface area contributed by atoms with Crippen molar-refractivity contribution < 1.29 is 0 Å². The van der Waals surface area contributed by atoms with Crippen LogP contribution >= 0.6 is 0 Å². The second-order valence-corrected chi connectivity index (χ2v) is 5.50. The Morgan fingerprint density at radius 3 is 2.33 bits per heavy atom. The fourth-order valence-corrected chi connectivity index (χ4v) is 2.84. The van der Waals surface area contributed by atoms with Gasteiger partial charge < -0.3 is 5.73 Å². The average Bonchev–Trinajstić information content (AvgIpc) is 2.87. The van der Waals surface area contributed by atoms with Crippen LogP contribution in [0.2, 0.25) is 0 Å². The Balaban J connectivity index is 1.88. The monoisotopic (exact) mass is 251 g/mol. The summed E-state index contributed by atoms with van der Waals surface area (Å²) in [5.74, 6) is 1.36. The molecule has 1 saturated carbocycles. The van der Waals surface area contributed by atoms with Crippen LogP contribution in [-0.2, 0) is 0 Å². The molecule has 2 unspecified atom stereocenters. The molecule has 0 aliphatic heterocycles. The van der Waals surface area contributed by atoms with Gasteiger partial charge in [0.05, 0.1) is 0 Å². The Morgan fingerprint density at radius 1 is 0.889 bits per heavy atom. The molecule has 1 fully saturated rings. The van der Waals surface area contributed by atoms with Crippen molar-refractivity contribution in [2.45, 2.75) is 76.2 Å². The van der Waals surface area contributed by atoms with E-state index < -0.39 is 0 Å². The lowest BCUT2D eigenvalue weighted by atomic mass is 9.91. The van der Waals surface area contributed by atoms with Gasteiger partial charge in [0.25, 0.3) is 0 Å². The summed E-state index contributed by atoms with van der Waals surface area (Å²) in [5, 5.41) is 14.5. The van der Waals surface area contributed by atoms with E-state index in [-0.39, 0.29) is 0 Å². The number of hydrogen-bond acceptors (Lipinski definition) is 4. The van der Waals surface area contributed by atoms with Gasteiger partial charge in [-0.2, -0.15) is 5.21 Å². The molecule has 1 aliphatic carbocycles. The van der Waals surface area contributed by atoms with E-state index in [0.29, 0.717) is 12.0 Å².